The third-order valence-corrected chi connectivity index (χ3v) is 4.66. The van der Waals surface area contributed by atoms with E-state index >= 15 is 0 Å². The fourth-order valence-corrected chi connectivity index (χ4v) is 3.18. The number of ether oxygens (including phenoxy) is 1. The van der Waals surface area contributed by atoms with Crippen LogP contribution >= 0.6 is 0 Å². The average molecular weight is 329 g/mol. The maximum atomic E-state index is 12.5. The van der Waals surface area contributed by atoms with E-state index in [0.717, 1.165) is 58.1 Å². The van der Waals surface area contributed by atoms with Gasteiger partial charge < -0.3 is 9.64 Å². The molecule has 1 aliphatic carbocycles. The van der Waals surface area contributed by atoms with Gasteiger partial charge in [-0.05, 0) is 31.6 Å². The number of hydrogen-bond donors (Lipinski definition) is 0. The molecule has 0 radical (unpaired) electrons. The van der Waals surface area contributed by atoms with Gasteiger partial charge in [0, 0.05) is 45.8 Å². The molecule has 0 aromatic carbocycles. The molecule has 138 valence electrons. The number of rotatable bonds is 4. The molecule has 1 amide bonds. The first-order chi connectivity index (χ1) is 11.2. The van der Waals surface area contributed by atoms with Crippen LogP contribution in [0.25, 0.3) is 0 Å². The van der Waals surface area contributed by atoms with Crippen LogP contribution in [0.5, 0.6) is 0 Å². The molecule has 0 unspecified atom stereocenters. The van der Waals surface area contributed by atoms with Crippen LogP contribution in [-0.4, -0.2) is 62.1 Å². The highest BCUT2D eigenvalue weighted by Crippen LogP contribution is 2.29. The molecule has 1 heterocycles. The first kappa shape index (κ1) is 22.4. The van der Waals surface area contributed by atoms with Crippen LogP contribution in [0.4, 0.5) is 0 Å². The summed E-state index contributed by atoms with van der Waals surface area (Å²) in [6.45, 7) is 15.9. The second-order valence-electron chi connectivity index (χ2n) is 6.12. The minimum Gasteiger partial charge on any atom is -0.383 e. The molecule has 0 bridgehead atoms. The minimum absolute atomic E-state index is 0.307. The molecule has 0 atom stereocenters. The maximum absolute atomic E-state index is 12.5. The van der Waals surface area contributed by atoms with E-state index < -0.39 is 0 Å². The normalized spacial score (nSPS) is 24.9. The van der Waals surface area contributed by atoms with Crippen molar-refractivity contribution >= 4 is 5.91 Å². The second kappa shape index (κ2) is 13.8. The number of carbonyl (C=O) groups is 1. The molecule has 0 aromatic rings. The number of piperazine rings is 1. The third kappa shape index (κ3) is 8.16. The number of nitrogens with zero attached hydrogens (tertiary/aromatic N) is 2. The van der Waals surface area contributed by atoms with Gasteiger partial charge in [-0.15, -0.1) is 0 Å². The van der Waals surface area contributed by atoms with Gasteiger partial charge in [0.15, 0.2) is 0 Å². The predicted molar refractivity (Wildman–Crippen MR) is 98.7 cm³/mol. The quantitative estimate of drug-likeness (QED) is 0.789. The monoisotopic (exact) mass is 328 g/mol. The molecule has 0 spiro atoms. The molecule has 4 heteroatoms. The Kier molecular flexibility index (Phi) is 13.4. The van der Waals surface area contributed by atoms with Gasteiger partial charge in [-0.2, -0.15) is 0 Å². The molecule has 0 N–H and O–H groups in total. The Morgan fingerprint density at radius 1 is 0.957 bits per heavy atom. The highest BCUT2D eigenvalue weighted by molar-refractivity contribution is 5.79. The van der Waals surface area contributed by atoms with Crippen LogP contribution in [-0.2, 0) is 9.53 Å². The second-order valence-corrected chi connectivity index (χ2v) is 6.12. The zero-order valence-electron chi connectivity index (χ0n) is 16.4. The third-order valence-electron chi connectivity index (χ3n) is 4.66. The predicted octanol–water partition coefficient (Wildman–Crippen LogP) is 3.66. The van der Waals surface area contributed by atoms with Crippen molar-refractivity contribution in [2.75, 3.05) is 46.4 Å². The largest absolute Gasteiger partial charge is 0.383 e. The number of carbonyl (C=O) groups excluding carboxylic acids is 1. The molecular weight excluding hydrogens is 288 g/mol. The molecule has 1 saturated heterocycles. The average Bonchev–Trinajstić information content (AvgIpc) is 2.64. The number of amides is 1. The van der Waals surface area contributed by atoms with Crippen LogP contribution in [0.1, 0.15) is 60.3 Å². The first-order valence-electron chi connectivity index (χ1n) is 9.70. The van der Waals surface area contributed by atoms with Crippen LogP contribution < -0.4 is 0 Å². The van der Waals surface area contributed by atoms with Crippen LogP contribution in [0.3, 0.4) is 0 Å². The van der Waals surface area contributed by atoms with E-state index in [9.17, 15) is 4.79 Å². The summed E-state index contributed by atoms with van der Waals surface area (Å²) in [6.07, 6.45) is 4.65. The van der Waals surface area contributed by atoms with Crippen molar-refractivity contribution in [1.29, 1.82) is 0 Å². The van der Waals surface area contributed by atoms with Gasteiger partial charge in [-0.25, -0.2) is 0 Å². The van der Waals surface area contributed by atoms with Gasteiger partial charge >= 0.3 is 0 Å². The van der Waals surface area contributed by atoms with Gasteiger partial charge in [0.25, 0.3) is 0 Å². The highest BCUT2D eigenvalue weighted by Gasteiger charge is 2.29. The van der Waals surface area contributed by atoms with Crippen LogP contribution in [0, 0.1) is 11.8 Å². The van der Waals surface area contributed by atoms with E-state index in [-0.39, 0.29) is 0 Å². The molecule has 2 aliphatic rings. The van der Waals surface area contributed by atoms with E-state index in [4.69, 9.17) is 4.74 Å². The Hall–Kier alpha value is -0.610. The summed E-state index contributed by atoms with van der Waals surface area (Å²) in [5, 5.41) is 0. The first-order valence-corrected chi connectivity index (χ1v) is 9.70. The van der Waals surface area contributed by atoms with E-state index in [1.54, 1.807) is 7.11 Å². The Morgan fingerprint density at radius 2 is 1.48 bits per heavy atom. The number of methoxy groups -OCH3 is 1. The molecule has 1 aliphatic heterocycles. The van der Waals surface area contributed by atoms with Crippen molar-refractivity contribution in [3.05, 3.63) is 0 Å². The smallest absolute Gasteiger partial charge is 0.225 e. The van der Waals surface area contributed by atoms with Crippen molar-refractivity contribution in [1.82, 2.24) is 9.80 Å². The van der Waals surface area contributed by atoms with Gasteiger partial charge in [0.05, 0.1) is 6.61 Å². The lowest BCUT2D eigenvalue weighted by atomic mass is 9.82. The van der Waals surface area contributed by atoms with Crippen molar-refractivity contribution in [3.63, 3.8) is 0 Å². The topological polar surface area (TPSA) is 32.8 Å². The van der Waals surface area contributed by atoms with Crippen molar-refractivity contribution in [2.24, 2.45) is 11.8 Å². The fourth-order valence-electron chi connectivity index (χ4n) is 3.18. The van der Waals surface area contributed by atoms with Gasteiger partial charge in [-0.3, -0.25) is 9.69 Å². The summed E-state index contributed by atoms with van der Waals surface area (Å²) in [7, 11) is 1.74. The van der Waals surface area contributed by atoms with Gasteiger partial charge in [-0.1, -0.05) is 34.6 Å². The molecule has 2 fully saturated rings. The van der Waals surface area contributed by atoms with Crippen LogP contribution in [0.15, 0.2) is 0 Å². The summed E-state index contributed by atoms with van der Waals surface area (Å²) in [5.41, 5.74) is 0. The van der Waals surface area contributed by atoms with Gasteiger partial charge in [0.2, 0.25) is 5.91 Å². The molecule has 4 nitrogen and oxygen atoms in total. The maximum Gasteiger partial charge on any atom is 0.225 e. The molecule has 0 aromatic heterocycles. The molecular formula is C19H40N2O2. The zero-order valence-corrected chi connectivity index (χ0v) is 16.4. The summed E-state index contributed by atoms with van der Waals surface area (Å²) >= 11 is 0. The van der Waals surface area contributed by atoms with Gasteiger partial charge in [0.1, 0.15) is 0 Å². The van der Waals surface area contributed by atoms with E-state index in [1.807, 2.05) is 27.7 Å². The summed E-state index contributed by atoms with van der Waals surface area (Å²) in [6, 6.07) is 0. The van der Waals surface area contributed by atoms with E-state index in [0.29, 0.717) is 11.8 Å². The summed E-state index contributed by atoms with van der Waals surface area (Å²) in [5.74, 6) is 1.54. The minimum atomic E-state index is 0.307. The Morgan fingerprint density at radius 3 is 1.96 bits per heavy atom. The lowest BCUT2D eigenvalue weighted by Gasteiger charge is -2.37. The standard InChI is InChI=1S/C15H28N2O2.2C2H6/c1-13-3-5-14(6-4-13)15(18)17-9-7-16(8-10-17)11-12-19-2;2*1-2/h13-14H,3-12H2,1-2H3;2*1-2H3. The van der Waals surface area contributed by atoms with E-state index in [1.165, 1.54) is 12.8 Å². The fraction of sp³-hybridized carbons (Fsp3) is 0.947. The molecule has 2 rings (SSSR count). The van der Waals surface area contributed by atoms with Crippen molar-refractivity contribution < 1.29 is 9.53 Å². The summed E-state index contributed by atoms with van der Waals surface area (Å²) in [4.78, 5) is 16.9. The zero-order chi connectivity index (χ0) is 17.7. The Labute approximate surface area is 144 Å². The summed E-state index contributed by atoms with van der Waals surface area (Å²) < 4.78 is 5.10. The van der Waals surface area contributed by atoms with Crippen molar-refractivity contribution in [2.45, 2.75) is 60.3 Å². The number of hydrogen-bond acceptors (Lipinski definition) is 3. The lowest BCUT2D eigenvalue weighted by molar-refractivity contribution is -0.138. The Bertz CT molecular complexity index is 281. The van der Waals surface area contributed by atoms with Crippen LogP contribution in [0.2, 0.25) is 0 Å². The molecule has 1 saturated carbocycles. The Balaban J connectivity index is 0.00000112. The molecule has 23 heavy (non-hydrogen) atoms. The van der Waals surface area contributed by atoms with E-state index in [2.05, 4.69) is 16.7 Å². The highest BCUT2D eigenvalue weighted by atomic mass is 16.5. The lowest BCUT2D eigenvalue weighted by Crippen LogP contribution is -2.51. The van der Waals surface area contributed by atoms with Crippen molar-refractivity contribution in [3.8, 4) is 0 Å². The SMILES string of the molecule is CC.CC.COCCN1CCN(C(=O)C2CCC(C)CC2)CC1.